The third-order valence-corrected chi connectivity index (χ3v) is 3.00. The Labute approximate surface area is 116 Å². The average molecular weight is 286 g/mol. The Kier molecular flexibility index (Phi) is 5.79. The largest absolute Gasteiger partial charge is 0.480 e. The molecule has 0 heterocycles. The molecular formula is C13H16ClNO4. The number of aliphatic carboxylic acids is 2. The van der Waals surface area contributed by atoms with Gasteiger partial charge in [0.05, 0.1) is 13.1 Å². The van der Waals surface area contributed by atoms with Crippen molar-refractivity contribution in [3.63, 3.8) is 0 Å². The van der Waals surface area contributed by atoms with Gasteiger partial charge < -0.3 is 10.2 Å². The number of benzene rings is 1. The molecule has 19 heavy (non-hydrogen) atoms. The number of carbonyl (C=O) groups is 2. The van der Waals surface area contributed by atoms with Crippen LogP contribution >= 0.6 is 11.6 Å². The van der Waals surface area contributed by atoms with Crippen molar-refractivity contribution in [1.29, 1.82) is 0 Å². The Morgan fingerprint density at radius 3 is 2.05 bits per heavy atom. The molecule has 0 amide bonds. The van der Waals surface area contributed by atoms with E-state index in [0.717, 1.165) is 5.56 Å². The number of hydrogen-bond acceptors (Lipinski definition) is 3. The summed E-state index contributed by atoms with van der Waals surface area (Å²) in [6.45, 7) is 1.22. The van der Waals surface area contributed by atoms with E-state index in [9.17, 15) is 9.59 Å². The van der Waals surface area contributed by atoms with E-state index in [1.165, 1.54) is 4.90 Å². The molecule has 0 fully saturated rings. The maximum atomic E-state index is 10.7. The van der Waals surface area contributed by atoms with Crippen LogP contribution in [0, 0.1) is 0 Å². The van der Waals surface area contributed by atoms with Crippen molar-refractivity contribution in [2.24, 2.45) is 0 Å². The monoisotopic (exact) mass is 285 g/mol. The van der Waals surface area contributed by atoms with Crippen LogP contribution in [0.2, 0.25) is 5.02 Å². The van der Waals surface area contributed by atoms with Crippen LogP contribution in [0.5, 0.6) is 0 Å². The second-order valence-corrected chi connectivity index (χ2v) is 4.81. The predicted octanol–water partition coefficient (Wildman–Crippen LogP) is 1.74. The first-order chi connectivity index (χ1) is 8.88. The predicted molar refractivity (Wildman–Crippen MR) is 71.5 cm³/mol. The number of halogens is 1. The van der Waals surface area contributed by atoms with Crippen LogP contribution in [0.25, 0.3) is 0 Å². The van der Waals surface area contributed by atoms with Crippen LogP contribution in [0.4, 0.5) is 0 Å². The summed E-state index contributed by atoms with van der Waals surface area (Å²) in [6, 6.07) is 7.01. The van der Waals surface area contributed by atoms with Crippen molar-refractivity contribution in [2.45, 2.75) is 19.4 Å². The summed E-state index contributed by atoms with van der Waals surface area (Å²) in [5, 5.41) is 18.2. The molecule has 1 aromatic rings. The topological polar surface area (TPSA) is 77.8 Å². The molecule has 1 aromatic carbocycles. The fourth-order valence-electron chi connectivity index (χ4n) is 1.81. The zero-order valence-electron chi connectivity index (χ0n) is 10.5. The van der Waals surface area contributed by atoms with E-state index in [-0.39, 0.29) is 19.1 Å². The molecule has 0 saturated carbocycles. The van der Waals surface area contributed by atoms with Gasteiger partial charge >= 0.3 is 11.9 Å². The highest BCUT2D eigenvalue weighted by molar-refractivity contribution is 6.30. The van der Waals surface area contributed by atoms with Gasteiger partial charge in [0, 0.05) is 11.1 Å². The van der Waals surface area contributed by atoms with Gasteiger partial charge in [0.1, 0.15) is 0 Å². The molecule has 0 aromatic heterocycles. The van der Waals surface area contributed by atoms with Gasteiger partial charge in [0.15, 0.2) is 0 Å². The fourth-order valence-corrected chi connectivity index (χ4v) is 1.93. The highest BCUT2D eigenvalue weighted by atomic mass is 35.5. The SMILES string of the molecule is CC(Cc1ccc(Cl)cc1)N(CC(=O)O)CC(=O)O. The van der Waals surface area contributed by atoms with E-state index in [4.69, 9.17) is 21.8 Å². The van der Waals surface area contributed by atoms with Crippen molar-refractivity contribution in [2.75, 3.05) is 13.1 Å². The normalized spacial score (nSPS) is 12.4. The zero-order chi connectivity index (χ0) is 14.4. The average Bonchev–Trinajstić information content (AvgIpc) is 2.30. The lowest BCUT2D eigenvalue weighted by molar-refractivity contribution is -0.142. The molecule has 6 heteroatoms. The third-order valence-electron chi connectivity index (χ3n) is 2.74. The smallest absolute Gasteiger partial charge is 0.317 e. The molecular weight excluding hydrogens is 270 g/mol. The minimum absolute atomic E-state index is 0.187. The molecule has 0 spiro atoms. The Hall–Kier alpha value is -1.59. The van der Waals surface area contributed by atoms with Crippen molar-refractivity contribution in [1.82, 2.24) is 4.90 Å². The van der Waals surface area contributed by atoms with Gasteiger partial charge in [-0.25, -0.2) is 0 Å². The highest BCUT2D eigenvalue weighted by Gasteiger charge is 2.19. The van der Waals surface area contributed by atoms with Crippen molar-refractivity contribution in [3.05, 3.63) is 34.9 Å². The lowest BCUT2D eigenvalue weighted by atomic mass is 10.1. The van der Waals surface area contributed by atoms with Crippen LogP contribution in [0.1, 0.15) is 12.5 Å². The fraction of sp³-hybridized carbons (Fsp3) is 0.385. The van der Waals surface area contributed by atoms with E-state index in [1.54, 1.807) is 19.1 Å². The summed E-state index contributed by atoms with van der Waals surface area (Å²) in [4.78, 5) is 22.9. The van der Waals surface area contributed by atoms with E-state index in [0.29, 0.717) is 11.4 Å². The molecule has 5 nitrogen and oxygen atoms in total. The van der Waals surface area contributed by atoms with Gasteiger partial charge in [0.25, 0.3) is 0 Å². The standard InChI is InChI=1S/C13H16ClNO4/c1-9(6-10-2-4-11(14)5-3-10)15(7-12(16)17)8-13(18)19/h2-5,9H,6-8H2,1H3,(H,16,17)(H,18,19). The molecule has 0 aliphatic carbocycles. The Balaban J connectivity index is 2.69. The Morgan fingerprint density at radius 2 is 1.63 bits per heavy atom. The first-order valence-electron chi connectivity index (χ1n) is 5.80. The number of carboxylic acid groups (broad SMARTS) is 2. The molecule has 1 atom stereocenters. The van der Waals surface area contributed by atoms with Gasteiger partial charge in [-0.2, -0.15) is 0 Å². The molecule has 104 valence electrons. The van der Waals surface area contributed by atoms with Gasteiger partial charge in [-0.15, -0.1) is 0 Å². The van der Waals surface area contributed by atoms with Crippen molar-refractivity contribution in [3.8, 4) is 0 Å². The molecule has 0 saturated heterocycles. The third kappa shape index (κ3) is 5.72. The van der Waals surface area contributed by atoms with Gasteiger partial charge in [0.2, 0.25) is 0 Å². The summed E-state index contributed by atoms with van der Waals surface area (Å²) < 4.78 is 0. The summed E-state index contributed by atoms with van der Waals surface area (Å²) in [5.41, 5.74) is 0.984. The quantitative estimate of drug-likeness (QED) is 0.798. The maximum absolute atomic E-state index is 10.7. The lowest BCUT2D eigenvalue weighted by Crippen LogP contribution is -2.41. The van der Waals surface area contributed by atoms with Gasteiger partial charge in [-0.3, -0.25) is 14.5 Å². The zero-order valence-corrected chi connectivity index (χ0v) is 11.3. The molecule has 0 aliphatic heterocycles. The Morgan fingerprint density at radius 1 is 1.16 bits per heavy atom. The first kappa shape index (κ1) is 15.5. The minimum Gasteiger partial charge on any atom is -0.480 e. The second-order valence-electron chi connectivity index (χ2n) is 4.37. The number of nitrogens with zero attached hydrogens (tertiary/aromatic N) is 1. The maximum Gasteiger partial charge on any atom is 0.317 e. The highest BCUT2D eigenvalue weighted by Crippen LogP contribution is 2.13. The van der Waals surface area contributed by atoms with E-state index < -0.39 is 11.9 Å². The minimum atomic E-state index is -1.04. The molecule has 0 aliphatic rings. The molecule has 1 unspecified atom stereocenters. The van der Waals surface area contributed by atoms with Crippen molar-refractivity contribution >= 4 is 23.5 Å². The lowest BCUT2D eigenvalue weighted by Gasteiger charge is -2.25. The van der Waals surface area contributed by atoms with Gasteiger partial charge in [-0.1, -0.05) is 23.7 Å². The number of rotatable bonds is 7. The van der Waals surface area contributed by atoms with E-state index in [2.05, 4.69) is 0 Å². The summed E-state index contributed by atoms with van der Waals surface area (Å²) in [6.07, 6.45) is 0.567. The number of carboxylic acids is 2. The summed E-state index contributed by atoms with van der Waals surface area (Å²) in [5.74, 6) is -2.08. The van der Waals surface area contributed by atoms with Crippen LogP contribution in [0.3, 0.4) is 0 Å². The van der Waals surface area contributed by atoms with Crippen LogP contribution < -0.4 is 0 Å². The Bertz CT molecular complexity index is 430. The first-order valence-corrected chi connectivity index (χ1v) is 6.18. The van der Waals surface area contributed by atoms with E-state index in [1.807, 2.05) is 12.1 Å². The molecule has 1 rings (SSSR count). The van der Waals surface area contributed by atoms with Crippen LogP contribution in [-0.2, 0) is 16.0 Å². The molecule has 2 N–H and O–H groups in total. The number of hydrogen-bond donors (Lipinski definition) is 2. The molecule has 0 radical (unpaired) electrons. The summed E-state index contributed by atoms with van der Waals surface area (Å²) >= 11 is 5.78. The van der Waals surface area contributed by atoms with Gasteiger partial charge in [-0.05, 0) is 31.0 Å². The van der Waals surface area contributed by atoms with Crippen molar-refractivity contribution < 1.29 is 19.8 Å². The van der Waals surface area contributed by atoms with Crippen LogP contribution in [-0.4, -0.2) is 46.2 Å². The second kappa shape index (κ2) is 7.11. The summed E-state index contributed by atoms with van der Waals surface area (Å²) in [7, 11) is 0. The van der Waals surface area contributed by atoms with Crippen LogP contribution in [0.15, 0.2) is 24.3 Å². The van der Waals surface area contributed by atoms with E-state index >= 15 is 0 Å². The molecule has 0 bridgehead atoms.